The highest BCUT2D eigenvalue weighted by Gasteiger charge is 2.15. The van der Waals surface area contributed by atoms with Crippen molar-refractivity contribution in [2.45, 2.75) is 0 Å². The Hall–Kier alpha value is -2.01. The topological polar surface area (TPSA) is 65.7 Å². The van der Waals surface area contributed by atoms with Crippen molar-refractivity contribution in [3.8, 4) is 5.75 Å². The van der Waals surface area contributed by atoms with Gasteiger partial charge in [0.2, 0.25) is 0 Å². The van der Waals surface area contributed by atoms with E-state index in [0.717, 1.165) is 0 Å². The molecule has 0 aliphatic carbocycles. The molecule has 2 aromatic rings. The van der Waals surface area contributed by atoms with Crippen LogP contribution in [0.3, 0.4) is 0 Å². The van der Waals surface area contributed by atoms with E-state index in [9.17, 15) is 9.59 Å². The molecule has 0 aliphatic rings. The zero-order chi connectivity index (χ0) is 13.1. The van der Waals surface area contributed by atoms with Crippen molar-refractivity contribution in [3.63, 3.8) is 0 Å². The quantitative estimate of drug-likeness (QED) is 0.485. The van der Waals surface area contributed by atoms with Crippen LogP contribution in [0.1, 0.15) is 10.4 Å². The van der Waals surface area contributed by atoms with Gasteiger partial charge in [0, 0.05) is 11.5 Å². The lowest BCUT2D eigenvalue weighted by atomic mass is 10.2. The fourth-order valence-electron chi connectivity index (χ4n) is 1.49. The normalized spacial score (nSPS) is 10.3. The first-order valence-corrected chi connectivity index (χ1v) is 5.54. The Kier molecular flexibility index (Phi) is 3.53. The second-order valence-corrected chi connectivity index (χ2v) is 3.61. The van der Waals surface area contributed by atoms with Gasteiger partial charge in [-0.05, 0) is 18.2 Å². The Balaban J connectivity index is 2.56. The average Bonchev–Trinajstić information content (AvgIpc) is 2.37. The number of carbonyl (C=O) groups is 1. The molecule has 0 spiro atoms. The number of halogens is 1. The van der Waals surface area contributed by atoms with Crippen molar-refractivity contribution >= 4 is 28.5 Å². The van der Waals surface area contributed by atoms with Crippen LogP contribution in [0.25, 0.3) is 11.0 Å². The number of rotatable bonds is 3. The minimum Gasteiger partial charge on any atom is -0.497 e. The largest absolute Gasteiger partial charge is 0.497 e. The van der Waals surface area contributed by atoms with Crippen LogP contribution in [0.15, 0.2) is 33.5 Å². The van der Waals surface area contributed by atoms with Crippen LogP contribution in [0, 0.1) is 0 Å². The molecule has 0 unspecified atom stereocenters. The van der Waals surface area contributed by atoms with Crippen molar-refractivity contribution in [1.29, 1.82) is 0 Å². The predicted octanol–water partition coefficient (Wildman–Crippen LogP) is 2.15. The van der Waals surface area contributed by atoms with Gasteiger partial charge in [-0.25, -0.2) is 9.59 Å². The van der Waals surface area contributed by atoms with E-state index in [1.807, 2.05) is 0 Å². The molecule has 1 heterocycles. The second kappa shape index (κ2) is 5.10. The van der Waals surface area contributed by atoms with Gasteiger partial charge in [-0.1, -0.05) is 11.6 Å². The average molecular weight is 269 g/mol. The first-order valence-electron chi connectivity index (χ1n) is 5.00. The lowest BCUT2D eigenvalue weighted by molar-refractivity contribution is 0.0569. The molecule has 0 saturated carbocycles. The fourth-order valence-corrected chi connectivity index (χ4v) is 1.59. The Morgan fingerprint density at radius 2 is 2.17 bits per heavy atom. The van der Waals surface area contributed by atoms with Gasteiger partial charge in [-0.2, -0.15) is 0 Å². The highest BCUT2D eigenvalue weighted by molar-refractivity contribution is 6.17. The van der Waals surface area contributed by atoms with Gasteiger partial charge in [0.15, 0.2) is 6.07 Å². The van der Waals surface area contributed by atoms with Gasteiger partial charge in [0.1, 0.15) is 16.9 Å². The summed E-state index contributed by atoms with van der Waals surface area (Å²) in [5.74, 6) is -0.252. The Bertz CT molecular complexity index is 646. The van der Waals surface area contributed by atoms with E-state index in [1.165, 1.54) is 13.2 Å². The molecule has 6 heteroatoms. The summed E-state index contributed by atoms with van der Waals surface area (Å²) in [5.41, 5.74) is -0.624. The second-order valence-electron chi connectivity index (χ2n) is 3.39. The summed E-state index contributed by atoms with van der Waals surface area (Å²) in [6.07, 6.45) is 0. The van der Waals surface area contributed by atoms with Crippen molar-refractivity contribution < 1.29 is 18.7 Å². The molecule has 5 nitrogen and oxygen atoms in total. The third-order valence-electron chi connectivity index (χ3n) is 2.35. The molecular weight excluding hydrogens is 260 g/mol. The molecule has 0 radical (unpaired) electrons. The highest BCUT2D eigenvalue weighted by atomic mass is 35.5. The first kappa shape index (κ1) is 12.4. The van der Waals surface area contributed by atoms with Gasteiger partial charge in [-0.3, -0.25) is 0 Å². The third kappa shape index (κ3) is 2.31. The van der Waals surface area contributed by atoms with Crippen LogP contribution in [-0.4, -0.2) is 19.1 Å². The van der Waals surface area contributed by atoms with Crippen LogP contribution in [0.5, 0.6) is 5.75 Å². The number of ether oxygens (including phenoxy) is 2. The van der Waals surface area contributed by atoms with Crippen LogP contribution < -0.4 is 10.4 Å². The third-order valence-corrected chi connectivity index (χ3v) is 2.46. The molecule has 0 aliphatic heterocycles. The number of hydrogen-bond donors (Lipinski definition) is 0. The fraction of sp³-hybridized carbons (Fsp3) is 0.167. The maximum absolute atomic E-state index is 11.6. The SMILES string of the molecule is COc1ccc2cc(C(=O)OCCl)c(=O)oc2c1. The van der Waals surface area contributed by atoms with Crippen molar-refractivity contribution in [2.75, 3.05) is 13.2 Å². The maximum Gasteiger partial charge on any atom is 0.351 e. The van der Waals surface area contributed by atoms with Crippen LogP contribution in [-0.2, 0) is 4.74 Å². The molecule has 2 rings (SSSR count). The Morgan fingerprint density at radius 3 is 2.83 bits per heavy atom. The van der Waals surface area contributed by atoms with E-state index in [1.54, 1.807) is 18.2 Å². The summed E-state index contributed by atoms with van der Waals surface area (Å²) in [6.45, 7) is 0. The number of fused-ring (bicyclic) bond motifs is 1. The van der Waals surface area contributed by atoms with Gasteiger partial charge >= 0.3 is 11.6 Å². The molecule has 0 bridgehead atoms. The summed E-state index contributed by atoms with van der Waals surface area (Å²) >= 11 is 5.26. The van der Waals surface area contributed by atoms with Gasteiger partial charge in [0.25, 0.3) is 0 Å². The van der Waals surface area contributed by atoms with Gasteiger partial charge in [-0.15, -0.1) is 0 Å². The van der Waals surface area contributed by atoms with Crippen molar-refractivity contribution in [2.24, 2.45) is 0 Å². The number of methoxy groups -OCH3 is 1. The van der Waals surface area contributed by atoms with Crippen LogP contribution in [0.4, 0.5) is 0 Å². The Morgan fingerprint density at radius 1 is 1.39 bits per heavy atom. The van der Waals surface area contributed by atoms with E-state index >= 15 is 0 Å². The number of esters is 1. The molecular formula is C12H9ClO5. The molecule has 0 fully saturated rings. The number of hydrogen-bond acceptors (Lipinski definition) is 5. The molecule has 0 atom stereocenters. The zero-order valence-electron chi connectivity index (χ0n) is 9.44. The van der Waals surface area contributed by atoms with Crippen LogP contribution >= 0.6 is 11.6 Å². The summed E-state index contributed by atoms with van der Waals surface area (Å²) < 4.78 is 14.6. The highest BCUT2D eigenvalue weighted by Crippen LogP contribution is 2.20. The summed E-state index contributed by atoms with van der Waals surface area (Å²) in [7, 11) is 1.51. The van der Waals surface area contributed by atoms with Crippen molar-refractivity contribution in [1.82, 2.24) is 0 Å². The molecule has 0 amide bonds. The molecule has 0 saturated heterocycles. The van der Waals surface area contributed by atoms with Crippen molar-refractivity contribution in [3.05, 3.63) is 40.2 Å². The monoisotopic (exact) mass is 268 g/mol. The molecule has 1 aromatic carbocycles. The van der Waals surface area contributed by atoms with E-state index in [0.29, 0.717) is 16.7 Å². The van der Waals surface area contributed by atoms with E-state index in [4.69, 9.17) is 20.8 Å². The van der Waals surface area contributed by atoms with E-state index in [-0.39, 0.29) is 11.6 Å². The minimum atomic E-state index is -0.809. The molecule has 0 N–H and O–H groups in total. The van der Waals surface area contributed by atoms with Crippen LogP contribution in [0.2, 0.25) is 0 Å². The van der Waals surface area contributed by atoms with Gasteiger partial charge in [0.05, 0.1) is 7.11 Å². The Labute approximate surface area is 107 Å². The minimum absolute atomic E-state index is 0.187. The van der Waals surface area contributed by atoms with E-state index < -0.39 is 11.6 Å². The number of carbonyl (C=O) groups excluding carboxylic acids is 1. The van der Waals surface area contributed by atoms with E-state index in [2.05, 4.69) is 4.74 Å². The lowest BCUT2D eigenvalue weighted by Gasteiger charge is -2.03. The zero-order valence-corrected chi connectivity index (χ0v) is 10.2. The smallest absolute Gasteiger partial charge is 0.351 e. The number of alkyl halides is 1. The maximum atomic E-state index is 11.6. The predicted molar refractivity (Wildman–Crippen MR) is 65.2 cm³/mol. The summed E-state index contributed by atoms with van der Waals surface area (Å²) in [6, 6.07) is 6.01. The molecule has 1 aromatic heterocycles. The lowest BCUT2D eigenvalue weighted by Crippen LogP contribution is -2.15. The first-order chi connectivity index (χ1) is 8.65. The summed E-state index contributed by atoms with van der Waals surface area (Å²) in [5, 5.41) is 0.594. The summed E-state index contributed by atoms with van der Waals surface area (Å²) in [4.78, 5) is 23.0. The van der Waals surface area contributed by atoms with Gasteiger partial charge < -0.3 is 13.9 Å². The number of benzene rings is 1. The molecule has 18 heavy (non-hydrogen) atoms. The molecule has 94 valence electrons. The standard InChI is InChI=1S/C12H9ClO5/c1-16-8-3-2-7-4-9(11(14)17-6-13)12(15)18-10(7)5-8/h2-5H,6H2,1H3.